The zero-order valence-corrected chi connectivity index (χ0v) is 12.6. The molecule has 2 aromatic heterocycles. The van der Waals surface area contributed by atoms with E-state index in [0.717, 1.165) is 21.9 Å². The van der Waals surface area contributed by atoms with Crippen LogP contribution in [-0.2, 0) is 0 Å². The third-order valence-electron chi connectivity index (χ3n) is 3.58. The van der Waals surface area contributed by atoms with E-state index in [1.165, 1.54) is 0 Å². The van der Waals surface area contributed by atoms with Crippen molar-refractivity contribution in [3.8, 4) is 0 Å². The van der Waals surface area contributed by atoms with Crippen molar-refractivity contribution in [2.75, 3.05) is 0 Å². The number of fused-ring (bicyclic) bond motifs is 2. The fourth-order valence-corrected chi connectivity index (χ4v) is 2.52. The van der Waals surface area contributed by atoms with Crippen molar-refractivity contribution in [1.82, 2.24) is 0 Å². The van der Waals surface area contributed by atoms with Crippen LogP contribution in [0.1, 0.15) is 11.5 Å². The number of guanidine groups is 1. The summed E-state index contributed by atoms with van der Waals surface area (Å²) < 4.78 is 11.7. The molecule has 0 spiro atoms. The maximum atomic E-state index is 5.87. The third kappa shape index (κ3) is 2.50. The van der Waals surface area contributed by atoms with Gasteiger partial charge in [0.1, 0.15) is 11.2 Å². The van der Waals surface area contributed by atoms with Gasteiger partial charge in [-0.05, 0) is 24.3 Å². The Bertz CT molecular complexity index is 943. The predicted molar refractivity (Wildman–Crippen MR) is 93.9 cm³/mol. The lowest BCUT2D eigenvalue weighted by atomic mass is 10.2. The Morgan fingerprint density at radius 2 is 1.21 bits per heavy atom. The largest absolute Gasteiger partial charge is 0.454 e. The quantitative estimate of drug-likeness (QED) is 0.344. The molecule has 0 aliphatic heterocycles. The number of hydrogen-bond acceptors (Lipinski definition) is 4. The lowest BCUT2D eigenvalue weighted by Gasteiger charge is -1.97. The highest BCUT2D eigenvalue weighted by Crippen LogP contribution is 2.25. The normalized spacial score (nSPS) is 10.8. The van der Waals surface area contributed by atoms with E-state index >= 15 is 0 Å². The molecule has 0 unspecified atom stereocenters. The van der Waals surface area contributed by atoms with Gasteiger partial charge in [0.25, 0.3) is 0 Å². The van der Waals surface area contributed by atoms with Gasteiger partial charge in [-0.15, -0.1) is 10.2 Å². The van der Waals surface area contributed by atoms with Crippen LogP contribution in [0.5, 0.6) is 0 Å². The van der Waals surface area contributed by atoms with Crippen LogP contribution in [0.15, 0.2) is 79.7 Å². The van der Waals surface area contributed by atoms with Crippen LogP contribution in [0.2, 0.25) is 0 Å². The maximum Gasteiger partial charge on any atom is 0.211 e. The first kappa shape index (κ1) is 14.1. The molecule has 0 saturated heterocycles. The minimum atomic E-state index is -0.139. The van der Waals surface area contributed by atoms with Gasteiger partial charge in [0, 0.05) is 10.8 Å². The summed E-state index contributed by atoms with van der Waals surface area (Å²) in [5.41, 5.74) is 12.7. The summed E-state index contributed by atoms with van der Waals surface area (Å²) in [6.45, 7) is 0. The van der Waals surface area contributed by atoms with Gasteiger partial charge in [-0.1, -0.05) is 36.4 Å². The first-order chi connectivity index (χ1) is 11.7. The van der Waals surface area contributed by atoms with Gasteiger partial charge in [-0.3, -0.25) is 0 Å². The average molecular weight is 318 g/mol. The summed E-state index contributed by atoms with van der Waals surface area (Å²) in [6.07, 6.45) is 0. The Hall–Kier alpha value is -3.54. The molecule has 2 heterocycles. The monoisotopic (exact) mass is 318 g/mol. The molecule has 6 heteroatoms. The smallest absolute Gasteiger partial charge is 0.211 e. The van der Waals surface area contributed by atoms with Crippen molar-refractivity contribution in [2.45, 2.75) is 0 Å². The van der Waals surface area contributed by atoms with E-state index in [4.69, 9.17) is 20.3 Å². The minimum Gasteiger partial charge on any atom is -0.454 e. The molecule has 0 fully saturated rings. The highest BCUT2D eigenvalue weighted by atomic mass is 16.4. The molecule has 6 nitrogen and oxygen atoms in total. The number of rotatable bonds is 3. The summed E-state index contributed by atoms with van der Waals surface area (Å²) in [6, 6.07) is 19.1. The molecule has 24 heavy (non-hydrogen) atoms. The summed E-state index contributed by atoms with van der Waals surface area (Å²) >= 11 is 0. The van der Waals surface area contributed by atoms with Crippen molar-refractivity contribution in [3.63, 3.8) is 0 Å². The lowest BCUT2D eigenvalue weighted by Crippen LogP contribution is -2.22. The Morgan fingerprint density at radius 3 is 1.67 bits per heavy atom. The maximum absolute atomic E-state index is 5.87. The second kappa shape index (κ2) is 5.58. The molecular formula is C18H14N4O2. The van der Waals surface area contributed by atoms with E-state index in [1.807, 2.05) is 60.7 Å². The lowest BCUT2D eigenvalue weighted by molar-refractivity contribution is 0.582. The van der Waals surface area contributed by atoms with Gasteiger partial charge in [-0.2, -0.15) is 0 Å². The highest BCUT2D eigenvalue weighted by molar-refractivity contribution is 6.12. The molecular weight excluding hydrogens is 304 g/mol. The summed E-state index contributed by atoms with van der Waals surface area (Å²) in [7, 11) is 0. The van der Waals surface area contributed by atoms with Crippen LogP contribution in [-0.4, -0.2) is 11.7 Å². The van der Waals surface area contributed by atoms with Gasteiger partial charge >= 0.3 is 0 Å². The van der Waals surface area contributed by atoms with Crippen LogP contribution in [0, 0.1) is 0 Å². The average Bonchev–Trinajstić information content (AvgIpc) is 3.18. The first-order valence-corrected chi connectivity index (χ1v) is 7.35. The molecule has 4 rings (SSSR count). The molecule has 0 bridgehead atoms. The van der Waals surface area contributed by atoms with E-state index in [1.54, 1.807) is 0 Å². The number of nitrogens with zero attached hydrogens (tertiary/aromatic N) is 2. The summed E-state index contributed by atoms with van der Waals surface area (Å²) in [5, 5.41) is 9.80. The molecule has 4 aromatic rings. The number of hydrogen-bond donors (Lipinski definition) is 2. The van der Waals surface area contributed by atoms with Crippen molar-refractivity contribution < 1.29 is 8.83 Å². The van der Waals surface area contributed by atoms with E-state index in [0.29, 0.717) is 17.2 Å². The zero-order chi connectivity index (χ0) is 16.5. The fraction of sp³-hybridized carbons (Fsp3) is 0. The first-order valence-electron chi connectivity index (χ1n) is 7.35. The van der Waals surface area contributed by atoms with E-state index in [9.17, 15) is 0 Å². The number of nitrogens with two attached hydrogens (primary N) is 2. The van der Waals surface area contributed by atoms with Crippen LogP contribution >= 0.6 is 0 Å². The molecule has 0 amide bonds. The molecule has 0 aliphatic rings. The number of furan rings is 2. The van der Waals surface area contributed by atoms with Crippen molar-refractivity contribution >= 4 is 33.6 Å². The second-order valence-electron chi connectivity index (χ2n) is 5.27. The predicted octanol–water partition coefficient (Wildman–Crippen LogP) is 3.20. The standard InChI is InChI=1S/C18H14N4O2/c19-18(20)22-21-17(15-9-11-5-1-3-7-13(11)23-15)16-10-12-6-2-4-8-14(12)24-16/h1-10H,(H4,19,20,22). The second-order valence-corrected chi connectivity index (χ2v) is 5.27. The van der Waals surface area contributed by atoms with Crippen molar-refractivity contribution in [2.24, 2.45) is 21.7 Å². The van der Waals surface area contributed by atoms with Crippen LogP contribution in [0.4, 0.5) is 0 Å². The van der Waals surface area contributed by atoms with Gasteiger partial charge in [0.15, 0.2) is 17.2 Å². The molecule has 0 atom stereocenters. The number of para-hydroxylation sites is 2. The third-order valence-corrected chi connectivity index (χ3v) is 3.58. The summed E-state index contributed by atoms with van der Waals surface area (Å²) in [4.78, 5) is 0. The Balaban J connectivity index is 1.90. The van der Waals surface area contributed by atoms with E-state index < -0.39 is 0 Å². The van der Waals surface area contributed by atoms with E-state index in [-0.39, 0.29) is 5.96 Å². The molecule has 0 radical (unpaired) electrons. The Kier molecular flexibility index (Phi) is 3.28. The molecule has 0 saturated carbocycles. The molecule has 4 N–H and O–H groups in total. The van der Waals surface area contributed by atoms with Crippen molar-refractivity contribution in [1.29, 1.82) is 0 Å². The van der Waals surface area contributed by atoms with Gasteiger partial charge < -0.3 is 20.3 Å². The van der Waals surface area contributed by atoms with Crippen molar-refractivity contribution in [3.05, 3.63) is 72.2 Å². The molecule has 0 aliphatic carbocycles. The topological polar surface area (TPSA) is 103 Å². The van der Waals surface area contributed by atoms with Crippen LogP contribution in [0.25, 0.3) is 21.9 Å². The van der Waals surface area contributed by atoms with E-state index in [2.05, 4.69) is 10.2 Å². The SMILES string of the molecule is NC(N)=NN=C(c1cc2ccccc2o1)c1cc2ccccc2o1. The van der Waals surface area contributed by atoms with Gasteiger partial charge in [0.2, 0.25) is 5.96 Å². The highest BCUT2D eigenvalue weighted by Gasteiger charge is 2.17. The number of benzene rings is 2. The Labute approximate surface area is 137 Å². The fourth-order valence-electron chi connectivity index (χ4n) is 2.52. The Morgan fingerprint density at radius 1 is 0.708 bits per heavy atom. The summed E-state index contributed by atoms with van der Waals surface area (Å²) in [5.74, 6) is 0.917. The minimum absolute atomic E-state index is 0.139. The van der Waals surface area contributed by atoms with Gasteiger partial charge in [-0.25, -0.2) is 0 Å². The van der Waals surface area contributed by atoms with Gasteiger partial charge in [0.05, 0.1) is 0 Å². The molecule has 2 aromatic carbocycles. The van der Waals surface area contributed by atoms with Crippen LogP contribution < -0.4 is 11.5 Å². The molecule has 118 valence electrons. The zero-order valence-electron chi connectivity index (χ0n) is 12.6. The van der Waals surface area contributed by atoms with Crippen LogP contribution in [0.3, 0.4) is 0 Å².